The molecule has 8 nitrogen and oxygen atoms in total. The number of hydrogen-bond acceptors (Lipinski definition) is 5. The fraction of sp³-hybridized carbons (Fsp3) is 0.759. The summed E-state index contributed by atoms with van der Waals surface area (Å²) in [6, 6.07) is -0.790. The van der Waals surface area contributed by atoms with Crippen molar-refractivity contribution in [2.24, 2.45) is 0 Å². The van der Waals surface area contributed by atoms with Gasteiger partial charge in [-0.3, -0.25) is 9.59 Å². The summed E-state index contributed by atoms with van der Waals surface area (Å²) in [7, 11) is 5.17. The van der Waals surface area contributed by atoms with E-state index in [1.165, 1.54) is 8.87 Å². The first-order valence-corrected chi connectivity index (χ1v) is 18.5. The second-order valence-electron chi connectivity index (χ2n) is 7.10. The van der Waals surface area contributed by atoms with Gasteiger partial charge in [-0.05, 0) is 26.9 Å². The van der Waals surface area contributed by atoms with Crippen LogP contribution in [0.25, 0.3) is 0 Å². The molecule has 0 aromatic heterocycles. The quantitative estimate of drug-likeness (QED) is 0.0908. The minimum Gasteiger partial charge on any atom is -0.357 e. The van der Waals surface area contributed by atoms with Crippen LogP contribution in [-0.2, 0) is 14.4 Å². The molecule has 0 aliphatic carbocycles. The number of rotatable bonds is 17. The molecule has 2 atom stereocenters. The van der Waals surface area contributed by atoms with E-state index < -0.39 is 6.04 Å². The Morgan fingerprint density at radius 2 is 1.50 bits per heavy atom. The smallest absolute Gasteiger partial charge is 0.242 e. The Hall–Kier alpha value is -1.39. The zero-order valence-corrected chi connectivity index (χ0v) is 29.5. The number of nitrogens with one attached hydrogen (secondary N) is 5. The third-order valence-corrected chi connectivity index (χ3v) is 7.58. The number of carbonyl (C=O) groups excluding carboxylic acids is 3. The van der Waals surface area contributed by atoms with Gasteiger partial charge in [0.2, 0.25) is 11.8 Å². The molecule has 0 spiro atoms. The molecule has 2 unspecified atom stereocenters. The van der Waals surface area contributed by atoms with E-state index >= 15 is 0 Å². The molecule has 5 N–H and O–H groups in total. The molecule has 0 saturated heterocycles. The normalized spacial score (nSPS) is 10.8. The van der Waals surface area contributed by atoms with E-state index in [4.69, 9.17) is 0 Å². The Balaban J connectivity index is -0.000000172. The van der Waals surface area contributed by atoms with Crippen LogP contribution in [-0.4, -0.2) is 85.2 Å². The monoisotopic (exact) mass is 649 g/mol. The van der Waals surface area contributed by atoms with Gasteiger partial charge in [-0.2, -0.15) is 0 Å². The summed E-state index contributed by atoms with van der Waals surface area (Å²) in [5, 5.41) is 14.2. The van der Waals surface area contributed by atoms with Gasteiger partial charge in [0, 0.05) is 13.6 Å². The molecule has 226 valence electrons. The van der Waals surface area contributed by atoms with Gasteiger partial charge in [0.1, 0.15) is 6.04 Å². The van der Waals surface area contributed by atoms with E-state index in [0.717, 1.165) is 38.8 Å². The third kappa shape index (κ3) is 34.6. The zero-order chi connectivity index (χ0) is 30.6. The van der Waals surface area contributed by atoms with Crippen molar-refractivity contribution in [3.05, 3.63) is 24.8 Å². The van der Waals surface area contributed by atoms with Crippen LogP contribution in [0, 0.1) is 0 Å². The minimum atomic E-state index is -0.534. The molecule has 0 aliphatic heterocycles. The van der Waals surface area contributed by atoms with Gasteiger partial charge < -0.3 is 21.3 Å². The predicted molar refractivity (Wildman–Crippen MR) is 169 cm³/mol. The van der Waals surface area contributed by atoms with Gasteiger partial charge in [0.25, 0.3) is 0 Å². The summed E-state index contributed by atoms with van der Waals surface area (Å²) >= 11 is -0.172. The average molecular weight is 649 g/mol. The van der Waals surface area contributed by atoms with Crippen LogP contribution < -0.4 is 26.6 Å². The van der Waals surface area contributed by atoms with Crippen molar-refractivity contribution in [1.82, 2.24) is 26.6 Å². The van der Waals surface area contributed by atoms with Crippen LogP contribution in [0.4, 0.5) is 0 Å². The van der Waals surface area contributed by atoms with Crippen molar-refractivity contribution in [1.29, 1.82) is 0 Å². The van der Waals surface area contributed by atoms with E-state index in [9.17, 15) is 14.4 Å². The number of amides is 3. The van der Waals surface area contributed by atoms with Gasteiger partial charge in [-0.25, -0.2) is 0 Å². The minimum absolute atomic E-state index is 0.134. The maximum atomic E-state index is 12.1. The fourth-order valence-corrected chi connectivity index (χ4v) is 4.75. The first-order valence-electron chi connectivity index (χ1n) is 14.5. The number of hydrogen-bond donors (Lipinski definition) is 5. The molecule has 0 aromatic carbocycles. The number of carbonyl (C=O) groups is 3. The molecule has 0 bridgehead atoms. The molecular formula is C29H63N5O3Sn. The largest absolute Gasteiger partial charge is 0.357 e. The van der Waals surface area contributed by atoms with Gasteiger partial charge >= 0.3 is 85.0 Å². The SMILES string of the molecule is C=CCCNC(=O)C[CH2][Sn][CH2]C.CC.CC.CC.CCCC(NC)C(=O)NC(C/C=C\CNC)C(=O)NC. The number of likely N-dealkylation sites (N-methyl/N-ethyl adjacent to an activating group) is 3. The molecule has 0 aliphatic rings. The second kappa shape index (κ2) is 42.7. The average Bonchev–Trinajstić information content (AvgIpc) is 2.96. The van der Waals surface area contributed by atoms with E-state index in [-0.39, 0.29) is 44.9 Å². The summed E-state index contributed by atoms with van der Waals surface area (Å²) < 4.78 is 2.52. The van der Waals surface area contributed by atoms with E-state index in [2.05, 4.69) is 40.1 Å². The molecule has 0 heterocycles. The van der Waals surface area contributed by atoms with Gasteiger partial charge in [-0.15, -0.1) is 0 Å². The van der Waals surface area contributed by atoms with Crippen molar-refractivity contribution in [3.8, 4) is 0 Å². The summed E-state index contributed by atoms with van der Waals surface area (Å²) in [4.78, 5) is 35.0. The van der Waals surface area contributed by atoms with Crippen LogP contribution >= 0.6 is 0 Å². The molecule has 38 heavy (non-hydrogen) atoms. The summed E-state index contributed by atoms with van der Waals surface area (Å²) in [6.07, 6.45) is 9.41. The Bertz CT molecular complexity index is 546. The molecular weight excluding hydrogens is 585 g/mol. The van der Waals surface area contributed by atoms with Crippen molar-refractivity contribution < 1.29 is 14.4 Å². The summed E-state index contributed by atoms with van der Waals surface area (Å²) in [5.41, 5.74) is 0. The Morgan fingerprint density at radius 1 is 0.895 bits per heavy atom. The molecule has 3 amide bonds. The van der Waals surface area contributed by atoms with E-state index in [1.54, 1.807) is 14.1 Å². The van der Waals surface area contributed by atoms with Crippen molar-refractivity contribution in [2.75, 3.05) is 34.2 Å². The Kier molecular flexibility index (Phi) is 52.2. The van der Waals surface area contributed by atoms with Crippen molar-refractivity contribution in [2.45, 2.75) is 108 Å². The van der Waals surface area contributed by atoms with Crippen LogP contribution in [0.3, 0.4) is 0 Å². The van der Waals surface area contributed by atoms with Gasteiger partial charge in [0.15, 0.2) is 0 Å². The molecule has 2 radical (unpaired) electrons. The Morgan fingerprint density at radius 3 is 1.95 bits per heavy atom. The van der Waals surface area contributed by atoms with Crippen LogP contribution in [0.5, 0.6) is 0 Å². The standard InChI is InChI=1S/C14H28N4O2.C7H12NO.3C2H6.C2H5.Sn/c1-5-8-11(16-3)14(20)18-12(13(19)17-4)9-6-7-10-15-2;1-3-5-6-8-7(9)4-2;4*1-2;/h6-7,11-12,15-16H,5,8-10H2,1-4H3,(H,17,19)(H,18,20);3H,1-2,4-6H2,(H,8,9);3*1-2H3;1H2,2H3;/b7-6-;;;;;;. The van der Waals surface area contributed by atoms with Crippen LogP contribution in [0.1, 0.15) is 87.5 Å². The van der Waals surface area contributed by atoms with Crippen LogP contribution in [0.15, 0.2) is 24.8 Å². The topological polar surface area (TPSA) is 111 Å². The van der Waals surface area contributed by atoms with Gasteiger partial charge in [-0.1, -0.05) is 67.0 Å². The van der Waals surface area contributed by atoms with Crippen LogP contribution in [0.2, 0.25) is 8.87 Å². The van der Waals surface area contributed by atoms with Gasteiger partial charge in [0.05, 0.1) is 6.04 Å². The molecule has 9 heteroatoms. The second-order valence-corrected chi connectivity index (χ2v) is 12.0. The van der Waals surface area contributed by atoms with E-state index in [0.29, 0.717) is 6.42 Å². The van der Waals surface area contributed by atoms with Crippen molar-refractivity contribution in [3.63, 3.8) is 0 Å². The summed E-state index contributed by atoms with van der Waals surface area (Å²) in [6.45, 7) is 21.3. The first kappa shape index (κ1) is 46.5. The molecule has 0 rings (SSSR count). The maximum absolute atomic E-state index is 12.1. The predicted octanol–water partition coefficient (Wildman–Crippen LogP) is 4.48. The Labute approximate surface area is 246 Å². The first-order chi connectivity index (χ1) is 18.4. The molecule has 0 fully saturated rings. The maximum Gasteiger partial charge on any atom is 0.242 e. The van der Waals surface area contributed by atoms with Crippen molar-refractivity contribution >= 4 is 38.9 Å². The molecule has 0 aromatic rings. The zero-order valence-electron chi connectivity index (χ0n) is 26.7. The summed E-state index contributed by atoms with van der Waals surface area (Å²) in [5.74, 6) is -0.102. The fourth-order valence-electron chi connectivity index (χ4n) is 2.59. The van der Waals surface area contributed by atoms with E-state index in [1.807, 2.05) is 73.7 Å². The molecule has 0 saturated carbocycles. The third-order valence-electron chi connectivity index (χ3n) is 4.43.